The number of piperidine rings is 1. The molecule has 0 aromatic heterocycles. The van der Waals surface area contributed by atoms with E-state index >= 15 is 0 Å². The van der Waals surface area contributed by atoms with Crippen LogP contribution >= 0.6 is 0 Å². The van der Waals surface area contributed by atoms with Crippen LogP contribution in [0.1, 0.15) is 40.5 Å². The van der Waals surface area contributed by atoms with Crippen LogP contribution in [0.15, 0.2) is 18.2 Å². The molecule has 27 heavy (non-hydrogen) atoms. The average molecular weight is 384 g/mol. The molecule has 1 heterocycles. The Balaban J connectivity index is 1.96. The van der Waals surface area contributed by atoms with Gasteiger partial charge in [-0.2, -0.15) is 0 Å². The number of hydrogen-bond donors (Lipinski definition) is 1. The number of likely N-dealkylation sites (tertiary alicyclic amines) is 1. The maximum atomic E-state index is 13.7. The zero-order valence-corrected chi connectivity index (χ0v) is 16.0. The third-order valence-corrected chi connectivity index (χ3v) is 4.61. The van der Waals surface area contributed by atoms with Gasteiger partial charge in [-0.25, -0.2) is 13.6 Å². The standard InChI is InChI=1S/C19H26F2N2O4/c1-12(23(18(25)26)19(2,3)4)17(24)22-9-7-14(8-10-22)27-16-6-5-13(20)11-15(16)21/h5-6,11-12,14H,7-10H2,1-4H3,(H,25,26)/t12-/m0/s1. The molecule has 0 radical (unpaired) electrons. The van der Waals surface area contributed by atoms with Crippen molar-refractivity contribution in [3.05, 3.63) is 29.8 Å². The van der Waals surface area contributed by atoms with E-state index in [1.54, 1.807) is 32.6 Å². The van der Waals surface area contributed by atoms with Crippen LogP contribution in [0.3, 0.4) is 0 Å². The van der Waals surface area contributed by atoms with Crippen molar-refractivity contribution in [3.63, 3.8) is 0 Å². The van der Waals surface area contributed by atoms with Gasteiger partial charge in [0, 0.05) is 37.5 Å². The fourth-order valence-electron chi connectivity index (χ4n) is 3.35. The molecule has 6 nitrogen and oxygen atoms in total. The van der Waals surface area contributed by atoms with Gasteiger partial charge in [0.05, 0.1) is 0 Å². The quantitative estimate of drug-likeness (QED) is 0.863. The second kappa shape index (κ2) is 8.10. The van der Waals surface area contributed by atoms with Gasteiger partial charge in [0.2, 0.25) is 5.91 Å². The predicted molar refractivity (Wildman–Crippen MR) is 95.7 cm³/mol. The van der Waals surface area contributed by atoms with Gasteiger partial charge < -0.3 is 14.7 Å². The second-order valence-corrected chi connectivity index (χ2v) is 7.72. The number of carbonyl (C=O) groups is 2. The van der Waals surface area contributed by atoms with Gasteiger partial charge in [-0.3, -0.25) is 9.69 Å². The summed E-state index contributed by atoms with van der Waals surface area (Å²) in [6.45, 7) is 7.56. The van der Waals surface area contributed by atoms with Gasteiger partial charge in [-0.05, 0) is 39.8 Å². The second-order valence-electron chi connectivity index (χ2n) is 7.72. The lowest BCUT2D eigenvalue weighted by molar-refractivity contribution is -0.139. The van der Waals surface area contributed by atoms with Crippen molar-refractivity contribution in [3.8, 4) is 5.75 Å². The minimum atomic E-state index is -1.15. The average Bonchev–Trinajstić information content (AvgIpc) is 2.55. The first-order chi connectivity index (χ1) is 12.5. The molecule has 2 amide bonds. The highest BCUT2D eigenvalue weighted by Crippen LogP contribution is 2.24. The zero-order chi connectivity index (χ0) is 20.4. The molecule has 1 fully saturated rings. The molecule has 1 aliphatic heterocycles. The summed E-state index contributed by atoms with van der Waals surface area (Å²) < 4.78 is 32.2. The molecule has 0 unspecified atom stereocenters. The summed E-state index contributed by atoms with van der Waals surface area (Å²) in [7, 11) is 0. The third kappa shape index (κ3) is 5.08. The number of nitrogens with zero attached hydrogens (tertiary/aromatic N) is 2. The maximum absolute atomic E-state index is 13.7. The van der Waals surface area contributed by atoms with Crippen molar-refractivity contribution >= 4 is 12.0 Å². The van der Waals surface area contributed by atoms with Crippen molar-refractivity contribution in [2.45, 2.75) is 58.2 Å². The Hall–Kier alpha value is -2.38. The van der Waals surface area contributed by atoms with Crippen molar-refractivity contribution in [2.75, 3.05) is 13.1 Å². The van der Waals surface area contributed by atoms with Crippen LogP contribution in [0.5, 0.6) is 5.75 Å². The highest BCUT2D eigenvalue weighted by molar-refractivity contribution is 5.85. The maximum Gasteiger partial charge on any atom is 0.408 e. The summed E-state index contributed by atoms with van der Waals surface area (Å²) in [4.78, 5) is 27.0. The minimum Gasteiger partial charge on any atom is -0.487 e. The minimum absolute atomic E-state index is 0.0145. The van der Waals surface area contributed by atoms with Gasteiger partial charge in [0.15, 0.2) is 11.6 Å². The van der Waals surface area contributed by atoms with Gasteiger partial charge in [-0.15, -0.1) is 0 Å². The van der Waals surface area contributed by atoms with E-state index < -0.39 is 29.3 Å². The van der Waals surface area contributed by atoms with Gasteiger partial charge in [-0.1, -0.05) is 0 Å². The largest absolute Gasteiger partial charge is 0.487 e. The Morgan fingerprint density at radius 3 is 2.33 bits per heavy atom. The topological polar surface area (TPSA) is 70.1 Å². The molecule has 0 saturated carbocycles. The molecule has 1 aliphatic rings. The Morgan fingerprint density at radius 2 is 1.85 bits per heavy atom. The number of benzene rings is 1. The fourth-order valence-corrected chi connectivity index (χ4v) is 3.35. The first-order valence-corrected chi connectivity index (χ1v) is 8.93. The monoisotopic (exact) mass is 384 g/mol. The Kier molecular flexibility index (Phi) is 6.28. The number of ether oxygens (including phenoxy) is 1. The van der Waals surface area contributed by atoms with Crippen molar-refractivity contribution in [2.24, 2.45) is 0 Å². The molecule has 0 spiro atoms. The molecule has 1 atom stereocenters. The summed E-state index contributed by atoms with van der Waals surface area (Å²) in [5.41, 5.74) is -0.706. The predicted octanol–water partition coefficient (Wildman–Crippen LogP) is 3.50. The van der Waals surface area contributed by atoms with Crippen LogP contribution in [0.25, 0.3) is 0 Å². The highest BCUT2D eigenvalue weighted by atomic mass is 19.1. The summed E-state index contributed by atoms with van der Waals surface area (Å²) in [6, 6.07) is 2.33. The lowest BCUT2D eigenvalue weighted by Crippen LogP contribution is -2.57. The van der Waals surface area contributed by atoms with E-state index in [1.807, 2.05) is 0 Å². The normalized spacial score (nSPS) is 16.7. The third-order valence-electron chi connectivity index (χ3n) is 4.61. The Labute approximate surface area is 157 Å². The van der Waals surface area contributed by atoms with Gasteiger partial charge in [0.1, 0.15) is 18.0 Å². The number of carbonyl (C=O) groups excluding carboxylic acids is 1. The number of carboxylic acid groups (broad SMARTS) is 1. The van der Waals surface area contributed by atoms with Crippen molar-refractivity contribution in [1.29, 1.82) is 0 Å². The summed E-state index contributed by atoms with van der Waals surface area (Å²) in [5, 5.41) is 9.45. The molecule has 1 N–H and O–H groups in total. The number of amides is 2. The van der Waals surface area contributed by atoms with E-state index in [0.717, 1.165) is 17.0 Å². The molecule has 1 aromatic rings. The molecule has 0 bridgehead atoms. The number of hydrogen-bond acceptors (Lipinski definition) is 3. The molecular weight excluding hydrogens is 358 g/mol. The van der Waals surface area contributed by atoms with Crippen molar-refractivity contribution in [1.82, 2.24) is 9.80 Å². The smallest absolute Gasteiger partial charge is 0.408 e. The molecule has 150 valence electrons. The SMILES string of the molecule is C[C@@H](C(=O)N1CCC(Oc2ccc(F)cc2F)CC1)N(C(=O)O)C(C)(C)C. The molecule has 2 rings (SSSR count). The van der Waals surface area contributed by atoms with Gasteiger partial charge in [0.25, 0.3) is 0 Å². The molecule has 8 heteroatoms. The fraction of sp³-hybridized carbons (Fsp3) is 0.579. The summed E-state index contributed by atoms with van der Waals surface area (Å²) in [5.74, 6) is -1.71. The number of rotatable bonds is 4. The molecule has 0 aliphatic carbocycles. The molecular formula is C19H26F2N2O4. The van der Waals surface area contributed by atoms with E-state index in [0.29, 0.717) is 25.9 Å². The summed E-state index contributed by atoms with van der Waals surface area (Å²) >= 11 is 0. The van der Waals surface area contributed by atoms with Crippen LogP contribution in [0.4, 0.5) is 13.6 Å². The lowest BCUT2D eigenvalue weighted by atomic mass is 10.0. The van der Waals surface area contributed by atoms with E-state index in [9.17, 15) is 23.5 Å². The Morgan fingerprint density at radius 1 is 1.26 bits per heavy atom. The zero-order valence-electron chi connectivity index (χ0n) is 16.0. The molecule has 1 aromatic carbocycles. The van der Waals surface area contributed by atoms with Crippen molar-refractivity contribution < 1.29 is 28.2 Å². The first-order valence-electron chi connectivity index (χ1n) is 8.93. The van der Waals surface area contributed by atoms with Crippen LogP contribution in [0, 0.1) is 11.6 Å². The van der Waals surface area contributed by atoms with E-state index in [2.05, 4.69) is 0 Å². The lowest BCUT2D eigenvalue weighted by Gasteiger charge is -2.40. The van der Waals surface area contributed by atoms with Crippen LogP contribution in [-0.4, -0.2) is 57.7 Å². The van der Waals surface area contributed by atoms with E-state index in [4.69, 9.17) is 4.74 Å². The Bertz CT molecular complexity index is 697. The van der Waals surface area contributed by atoms with Crippen LogP contribution < -0.4 is 4.74 Å². The summed E-state index contributed by atoms with van der Waals surface area (Å²) in [6.07, 6.45) is -0.466. The highest BCUT2D eigenvalue weighted by Gasteiger charge is 2.37. The van der Waals surface area contributed by atoms with Crippen LogP contribution in [-0.2, 0) is 4.79 Å². The van der Waals surface area contributed by atoms with Gasteiger partial charge >= 0.3 is 6.09 Å². The first kappa shape index (κ1) is 20.9. The van der Waals surface area contributed by atoms with Crippen LogP contribution in [0.2, 0.25) is 0 Å². The number of halogens is 2. The van der Waals surface area contributed by atoms with E-state index in [1.165, 1.54) is 6.07 Å². The van der Waals surface area contributed by atoms with E-state index in [-0.39, 0.29) is 17.8 Å². The molecule has 1 saturated heterocycles.